The van der Waals surface area contributed by atoms with Gasteiger partial charge in [-0.1, -0.05) is 36.4 Å². The first-order valence-corrected chi connectivity index (χ1v) is 17.5. The normalized spacial score (nSPS) is 12.3. The first-order chi connectivity index (χ1) is 23.5. The maximum atomic E-state index is 12.7. The molecule has 0 aliphatic carbocycles. The summed E-state index contributed by atoms with van der Waals surface area (Å²) in [6.45, 7) is 5.03. The number of aliphatic hydroxyl groups is 1. The Labute approximate surface area is 343 Å². The number of phenolic OH excluding ortho intramolecular Hbond substituents is 1. The van der Waals surface area contributed by atoms with Crippen LogP contribution in [0.3, 0.4) is 0 Å². The van der Waals surface area contributed by atoms with E-state index in [1.165, 1.54) is 13.0 Å². The van der Waals surface area contributed by atoms with Gasteiger partial charge in [0.2, 0.25) is 0 Å². The van der Waals surface area contributed by atoms with Crippen LogP contribution >= 0.6 is 0 Å². The van der Waals surface area contributed by atoms with Gasteiger partial charge < -0.3 is 15.5 Å². The molecule has 0 aliphatic heterocycles. The zero-order valence-electron chi connectivity index (χ0n) is 28.6. The molecule has 5 rings (SSSR count). The molecular formula is C34H29N5Na2O9S2. The number of phenols is 1. The molecule has 0 saturated heterocycles. The number of hydrogen-bond donors (Lipinski definition) is 5. The molecule has 0 aliphatic rings. The Hall–Kier alpha value is -3.81. The standard InChI is InChI=1S/C34H29N5O9S2.2Na/c1-19-15-24(36-38-32(21(3)40)34(42)35-23-7-5-4-6-8-23)10-12-27(19)28-13-11-25(16-20(28)2)37-39-33-29(41)14-9-22-17-26(49(43,44)45)18-30(31(22)33)50(46,47)48;;/h4-18,40-41H,1-3H3,(H,35,42)(H,43,44,45)(H,46,47,48);;/b32-21+,38-36?,39-37?;;. The average Bonchev–Trinajstić information content (AvgIpc) is 3.04. The Morgan fingerprint density at radius 3 is 1.81 bits per heavy atom. The number of aromatic hydroxyl groups is 1. The molecule has 0 spiro atoms. The van der Waals surface area contributed by atoms with Crippen molar-refractivity contribution in [2.45, 2.75) is 30.6 Å². The van der Waals surface area contributed by atoms with Gasteiger partial charge in [-0.2, -0.15) is 27.1 Å². The molecule has 14 nitrogen and oxygen atoms in total. The molecule has 5 aromatic carbocycles. The number of azo groups is 2. The van der Waals surface area contributed by atoms with Crippen LogP contribution in [0, 0.1) is 13.8 Å². The number of aliphatic hydroxyl groups excluding tert-OH is 1. The van der Waals surface area contributed by atoms with Crippen LogP contribution in [0.2, 0.25) is 0 Å². The Kier molecular flexibility index (Phi) is 14.2. The fourth-order valence-corrected chi connectivity index (χ4v) is 6.42. The number of allylic oxidation sites excluding steroid dienone is 1. The molecule has 258 valence electrons. The molecule has 0 atom stereocenters. The van der Waals surface area contributed by atoms with Crippen LogP contribution in [0.1, 0.15) is 18.1 Å². The molecule has 0 aromatic heterocycles. The zero-order valence-corrected chi connectivity index (χ0v) is 34.2. The van der Waals surface area contributed by atoms with E-state index in [1.54, 1.807) is 60.7 Å². The second kappa shape index (κ2) is 17.3. The van der Waals surface area contributed by atoms with Crippen LogP contribution in [0.5, 0.6) is 5.75 Å². The summed E-state index contributed by atoms with van der Waals surface area (Å²) in [4.78, 5) is 11.0. The van der Waals surface area contributed by atoms with Gasteiger partial charge in [-0.3, -0.25) is 13.9 Å². The van der Waals surface area contributed by atoms with Crippen molar-refractivity contribution >= 4 is 119 Å². The first-order valence-electron chi connectivity index (χ1n) is 14.6. The van der Waals surface area contributed by atoms with E-state index in [-0.39, 0.29) is 87.0 Å². The summed E-state index contributed by atoms with van der Waals surface area (Å²) in [6, 6.07) is 23.0. The van der Waals surface area contributed by atoms with Crippen molar-refractivity contribution in [1.82, 2.24) is 0 Å². The second-order valence-corrected chi connectivity index (χ2v) is 13.9. The van der Waals surface area contributed by atoms with Crippen molar-refractivity contribution < 1.29 is 40.9 Å². The number of aryl methyl sites for hydroxylation is 2. The van der Waals surface area contributed by atoms with Crippen molar-refractivity contribution in [2.75, 3.05) is 5.32 Å². The fourth-order valence-electron chi connectivity index (χ4n) is 5.06. The maximum absolute atomic E-state index is 12.7. The van der Waals surface area contributed by atoms with E-state index in [1.807, 2.05) is 19.9 Å². The van der Waals surface area contributed by atoms with Gasteiger partial charge in [0.15, 0.2) is 5.70 Å². The van der Waals surface area contributed by atoms with E-state index in [0.717, 1.165) is 34.4 Å². The SMILES string of the molecule is C/C(O)=C(\N=Nc1ccc(-c2ccc(N=Nc3c(O)ccc4cc(S(=O)(=O)O)cc(S(=O)(=O)O)c34)cc2C)c(C)c1)C(=O)Nc1ccccc1.[Na].[Na]. The van der Waals surface area contributed by atoms with Crippen molar-refractivity contribution in [3.63, 3.8) is 0 Å². The minimum Gasteiger partial charge on any atom is -0.510 e. The monoisotopic (exact) mass is 761 g/mol. The fraction of sp³-hybridized carbons (Fsp3) is 0.0882. The number of fused-ring (bicyclic) bond motifs is 1. The van der Waals surface area contributed by atoms with Crippen LogP contribution in [0.15, 0.2) is 133 Å². The number of para-hydroxylation sites is 1. The van der Waals surface area contributed by atoms with Crippen LogP contribution in [-0.2, 0) is 25.0 Å². The minimum absolute atomic E-state index is 0. The molecule has 0 heterocycles. The molecule has 18 heteroatoms. The largest absolute Gasteiger partial charge is 0.510 e. The van der Waals surface area contributed by atoms with Gasteiger partial charge in [0.25, 0.3) is 26.1 Å². The number of nitrogens with zero attached hydrogens (tertiary/aromatic N) is 4. The van der Waals surface area contributed by atoms with Crippen LogP contribution in [0.4, 0.5) is 22.7 Å². The third kappa shape index (κ3) is 9.99. The minimum atomic E-state index is -5.04. The van der Waals surface area contributed by atoms with Gasteiger partial charge in [0, 0.05) is 70.2 Å². The van der Waals surface area contributed by atoms with Crippen LogP contribution in [0.25, 0.3) is 21.9 Å². The molecule has 2 radical (unpaired) electrons. The van der Waals surface area contributed by atoms with Gasteiger partial charge in [-0.05, 0) is 103 Å². The van der Waals surface area contributed by atoms with Crippen molar-refractivity contribution in [1.29, 1.82) is 0 Å². The molecule has 0 unspecified atom stereocenters. The summed E-state index contributed by atoms with van der Waals surface area (Å²) >= 11 is 0. The maximum Gasteiger partial charge on any atom is 0.295 e. The molecule has 5 N–H and O–H groups in total. The third-order valence-corrected chi connectivity index (χ3v) is 9.12. The predicted octanol–water partition coefficient (Wildman–Crippen LogP) is 7.49. The van der Waals surface area contributed by atoms with E-state index < -0.39 is 41.7 Å². The predicted molar refractivity (Wildman–Crippen MR) is 197 cm³/mol. The van der Waals surface area contributed by atoms with Crippen molar-refractivity contribution in [2.24, 2.45) is 20.5 Å². The Morgan fingerprint density at radius 1 is 0.712 bits per heavy atom. The summed E-state index contributed by atoms with van der Waals surface area (Å²) in [5, 5.41) is 39.2. The van der Waals surface area contributed by atoms with Crippen LogP contribution < -0.4 is 5.32 Å². The van der Waals surface area contributed by atoms with E-state index in [0.29, 0.717) is 23.1 Å². The number of rotatable bonds is 9. The number of benzene rings is 5. The number of hydrogen-bond acceptors (Lipinski definition) is 11. The summed E-state index contributed by atoms with van der Waals surface area (Å²) in [7, 11) is -9.89. The van der Waals surface area contributed by atoms with Gasteiger partial charge >= 0.3 is 0 Å². The molecule has 1 amide bonds. The van der Waals surface area contributed by atoms with Crippen LogP contribution in [-0.4, -0.2) is 101 Å². The number of carbonyl (C=O) groups is 1. The number of carbonyl (C=O) groups excluding carboxylic acids is 1. The Morgan fingerprint density at radius 2 is 1.29 bits per heavy atom. The number of nitrogens with one attached hydrogen (secondary N) is 1. The smallest absolute Gasteiger partial charge is 0.295 e. The summed E-state index contributed by atoms with van der Waals surface area (Å²) < 4.78 is 67.2. The van der Waals surface area contributed by atoms with E-state index in [2.05, 4.69) is 25.8 Å². The van der Waals surface area contributed by atoms with E-state index in [9.17, 15) is 40.9 Å². The summed E-state index contributed by atoms with van der Waals surface area (Å²) in [6.07, 6.45) is 0. The Bertz CT molecular complexity index is 2490. The zero-order chi connectivity index (χ0) is 36.4. The quantitative estimate of drug-likeness (QED) is 0.0329. The average molecular weight is 762 g/mol. The molecular weight excluding hydrogens is 733 g/mol. The van der Waals surface area contributed by atoms with Gasteiger partial charge in [-0.25, -0.2) is 0 Å². The number of amides is 1. The van der Waals surface area contributed by atoms with E-state index >= 15 is 0 Å². The molecule has 0 saturated carbocycles. The number of anilines is 1. The van der Waals surface area contributed by atoms with Gasteiger partial charge in [0.05, 0.1) is 16.3 Å². The van der Waals surface area contributed by atoms with Crippen molar-refractivity contribution in [3.8, 4) is 16.9 Å². The van der Waals surface area contributed by atoms with Crippen molar-refractivity contribution in [3.05, 3.63) is 114 Å². The summed E-state index contributed by atoms with van der Waals surface area (Å²) in [5.74, 6) is -1.42. The molecule has 0 bridgehead atoms. The Balaban J connectivity index is 0.00000364. The topological polar surface area (TPSA) is 228 Å². The second-order valence-electron chi connectivity index (χ2n) is 11.1. The van der Waals surface area contributed by atoms with Gasteiger partial charge in [0.1, 0.15) is 22.1 Å². The third-order valence-electron chi connectivity index (χ3n) is 7.41. The first kappa shape index (κ1) is 42.6. The molecule has 0 fully saturated rings. The van der Waals surface area contributed by atoms with E-state index in [4.69, 9.17) is 0 Å². The molecule has 5 aromatic rings. The molecule has 52 heavy (non-hydrogen) atoms. The summed E-state index contributed by atoms with van der Waals surface area (Å²) in [5.41, 5.74) is 3.96. The van der Waals surface area contributed by atoms with Gasteiger partial charge in [-0.15, -0.1) is 10.2 Å².